The van der Waals surface area contributed by atoms with E-state index >= 15 is 0 Å². The molecule has 1 aromatic heterocycles. The highest BCUT2D eigenvalue weighted by atomic mass is 19.3. The normalized spacial score (nSPS) is 20.8. The number of pyridine rings is 1. The Hall–Kier alpha value is -2.78. The second-order valence-corrected chi connectivity index (χ2v) is 9.05. The SMILES string of the molecule is CC(C(=O)Nc1ccc(OC(F)F)cc1)N1CCCC(CN2CCN(c3ccccn3)CC2)C1. The molecule has 0 bridgehead atoms. The number of benzene rings is 1. The van der Waals surface area contributed by atoms with Crippen molar-refractivity contribution >= 4 is 17.4 Å². The van der Waals surface area contributed by atoms with Crippen LogP contribution in [0.2, 0.25) is 0 Å². The van der Waals surface area contributed by atoms with Crippen molar-refractivity contribution in [2.75, 3.05) is 56.0 Å². The summed E-state index contributed by atoms with van der Waals surface area (Å²) in [6.07, 6.45) is 4.10. The van der Waals surface area contributed by atoms with Crippen molar-refractivity contribution in [3.8, 4) is 5.75 Å². The lowest BCUT2D eigenvalue weighted by Crippen LogP contribution is -2.52. The van der Waals surface area contributed by atoms with Crippen molar-refractivity contribution in [2.45, 2.75) is 32.4 Å². The van der Waals surface area contributed by atoms with Gasteiger partial charge in [0.1, 0.15) is 11.6 Å². The van der Waals surface area contributed by atoms with Crippen molar-refractivity contribution in [3.63, 3.8) is 0 Å². The first-order valence-corrected chi connectivity index (χ1v) is 12.0. The summed E-state index contributed by atoms with van der Waals surface area (Å²) < 4.78 is 29.0. The van der Waals surface area contributed by atoms with Gasteiger partial charge in [-0.3, -0.25) is 14.6 Å². The zero-order chi connectivity index (χ0) is 23.9. The highest BCUT2D eigenvalue weighted by Crippen LogP contribution is 2.23. The molecule has 34 heavy (non-hydrogen) atoms. The molecular formula is C25H33F2N5O2. The molecule has 2 fully saturated rings. The van der Waals surface area contributed by atoms with E-state index in [9.17, 15) is 13.6 Å². The number of likely N-dealkylation sites (tertiary alicyclic amines) is 1. The fraction of sp³-hybridized carbons (Fsp3) is 0.520. The Morgan fingerprint density at radius 3 is 2.56 bits per heavy atom. The van der Waals surface area contributed by atoms with Crippen LogP contribution < -0.4 is 15.0 Å². The average molecular weight is 474 g/mol. The van der Waals surface area contributed by atoms with Crippen LogP contribution in [0, 0.1) is 5.92 Å². The molecular weight excluding hydrogens is 440 g/mol. The van der Waals surface area contributed by atoms with Gasteiger partial charge < -0.3 is 15.0 Å². The Bertz CT molecular complexity index is 907. The number of carbonyl (C=O) groups is 1. The van der Waals surface area contributed by atoms with Crippen LogP contribution in [-0.4, -0.2) is 79.2 Å². The van der Waals surface area contributed by atoms with Crippen molar-refractivity contribution in [1.29, 1.82) is 0 Å². The molecule has 1 amide bonds. The zero-order valence-corrected chi connectivity index (χ0v) is 19.6. The summed E-state index contributed by atoms with van der Waals surface area (Å²) in [7, 11) is 0. The number of carbonyl (C=O) groups excluding carboxylic acids is 1. The lowest BCUT2D eigenvalue weighted by atomic mass is 9.95. The Kier molecular flexibility index (Phi) is 8.29. The van der Waals surface area contributed by atoms with Crippen LogP contribution in [0.15, 0.2) is 48.7 Å². The van der Waals surface area contributed by atoms with Crippen molar-refractivity contribution < 1.29 is 18.3 Å². The van der Waals surface area contributed by atoms with Gasteiger partial charge in [-0.1, -0.05) is 6.07 Å². The Labute approximate surface area is 199 Å². The third kappa shape index (κ3) is 6.64. The molecule has 184 valence electrons. The topological polar surface area (TPSA) is 60.9 Å². The smallest absolute Gasteiger partial charge is 0.387 e. The molecule has 0 spiro atoms. The number of rotatable bonds is 8. The van der Waals surface area contributed by atoms with Crippen molar-refractivity contribution in [1.82, 2.24) is 14.8 Å². The predicted octanol–water partition coefficient (Wildman–Crippen LogP) is 3.54. The minimum atomic E-state index is -2.86. The van der Waals surface area contributed by atoms with E-state index in [1.54, 1.807) is 12.1 Å². The van der Waals surface area contributed by atoms with Gasteiger partial charge in [-0.05, 0) is 68.6 Å². The standard InChI is InChI=1S/C25H33F2N5O2/c1-19(24(33)29-21-7-9-22(10-8-21)34-25(26)27)32-12-4-5-20(18-32)17-30-13-15-31(16-14-30)23-6-2-3-11-28-23/h2-3,6-11,19-20,25H,4-5,12-18H2,1H3,(H,29,33). The maximum Gasteiger partial charge on any atom is 0.387 e. The van der Waals surface area contributed by atoms with Crippen molar-refractivity contribution in [3.05, 3.63) is 48.7 Å². The number of nitrogens with one attached hydrogen (secondary N) is 1. The molecule has 2 aliphatic heterocycles. The summed E-state index contributed by atoms with van der Waals surface area (Å²) in [6.45, 7) is 5.92. The molecule has 7 nitrogen and oxygen atoms in total. The van der Waals surface area contributed by atoms with E-state index in [0.29, 0.717) is 11.6 Å². The van der Waals surface area contributed by atoms with E-state index in [2.05, 4.69) is 35.8 Å². The van der Waals surface area contributed by atoms with Crippen LogP contribution in [0.3, 0.4) is 0 Å². The minimum absolute atomic E-state index is 0.0702. The quantitative estimate of drug-likeness (QED) is 0.633. The number of hydrogen-bond donors (Lipinski definition) is 1. The Balaban J connectivity index is 1.23. The highest BCUT2D eigenvalue weighted by molar-refractivity contribution is 5.94. The van der Waals surface area contributed by atoms with Crippen LogP contribution in [-0.2, 0) is 4.79 Å². The minimum Gasteiger partial charge on any atom is -0.435 e. The molecule has 0 saturated carbocycles. The highest BCUT2D eigenvalue weighted by Gasteiger charge is 2.29. The van der Waals surface area contributed by atoms with E-state index in [4.69, 9.17) is 0 Å². The first kappa shape index (κ1) is 24.3. The number of nitrogens with zero attached hydrogens (tertiary/aromatic N) is 4. The molecule has 2 saturated heterocycles. The van der Waals surface area contributed by atoms with Crippen LogP contribution >= 0.6 is 0 Å². The third-order valence-electron chi connectivity index (χ3n) is 6.69. The summed E-state index contributed by atoms with van der Waals surface area (Å²) in [5.74, 6) is 1.56. The number of alkyl halides is 2. The number of piperidine rings is 1. The summed E-state index contributed by atoms with van der Waals surface area (Å²) in [5, 5.41) is 2.89. The maximum absolute atomic E-state index is 12.8. The van der Waals surface area contributed by atoms with Gasteiger partial charge in [0, 0.05) is 51.2 Å². The number of aromatic nitrogens is 1. The monoisotopic (exact) mass is 473 g/mol. The van der Waals surface area contributed by atoms with E-state index in [-0.39, 0.29) is 17.7 Å². The largest absolute Gasteiger partial charge is 0.435 e. The van der Waals surface area contributed by atoms with E-state index < -0.39 is 6.61 Å². The van der Waals surface area contributed by atoms with Gasteiger partial charge in [-0.2, -0.15) is 8.78 Å². The van der Waals surface area contributed by atoms with Gasteiger partial charge in [0.15, 0.2) is 0 Å². The fourth-order valence-corrected chi connectivity index (χ4v) is 4.80. The number of hydrogen-bond acceptors (Lipinski definition) is 6. The van der Waals surface area contributed by atoms with Gasteiger partial charge in [-0.15, -0.1) is 0 Å². The van der Waals surface area contributed by atoms with Gasteiger partial charge in [0.05, 0.1) is 6.04 Å². The van der Waals surface area contributed by atoms with E-state index in [1.165, 1.54) is 18.6 Å². The average Bonchev–Trinajstić information content (AvgIpc) is 2.85. The van der Waals surface area contributed by atoms with Crippen LogP contribution in [0.25, 0.3) is 0 Å². The summed E-state index contributed by atoms with van der Waals surface area (Å²) in [4.78, 5) is 24.4. The molecule has 2 aromatic rings. The molecule has 0 radical (unpaired) electrons. The van der Waals surface area contributed by atoms with Gasteiger partial charge in [0.2, 0.25) is 5.91 Å². The molecule has 2 atom stereocenters. The Morgan fingerprint density at radius 1 is 1.12 bits per heavy atom. The molecule has 1 N–H and O–H groups in total. The molecule has 9 heteroatoms. The zero-order valence-electron chi connectivity index (χ0n) is 19.6. The number of anilines is 2. The van der Waals surface area contributed by atoms with Crippen LogP contribution in [0.5, 0.6) is 5.75 Å². The summed E-state index contributed by atoms with van der Waals surface area (Å²) >= 11 is 0. The molecule has 1 aromatic carbocycles. The van der Waals surface area contributed by atoms with Gasteiger partial charge >= 0.3 is 6.61 Å². The lowest BCUT2D eigenvalue weighted by molar-refractivity contribution is -0.121. The number of ether oxygens (including phenoxy) is 1. The second-order valence-electron chi connectivity index (χ2n) is 9.05. The number of amides is 1. The lowest BCUT2D eigenvalue weighted by Gasteiger charge is -2.40. The molecule has 3 heterocycles. The second kappa shape index (κ2) is 11.6. The van der Waals surface area contributed by atoms with Crippen molar-refractivity contribution in [2.24, 2.45) is 5.92 Å². The molecule has 2 unspecified atom stereocenters. The maximum atomic E-state index is 12.8. The van der Waals surface area contributed by atoms with Gasteiger partial charge in [0.25, 0.3) is 0 Å². The summed E-state index contributed by atoms with van der Waals surface area (Å²) in [6, 6.07) is 11.8. The number of piperazine rings is 1. The molecule has 2 aliphatic rings. The fourth-order valence-electron chi connectivity index (χ4n) is 4.80. The molecule has 4 rings (SSSR count). The van der Waals surface area contributed by atoms with E-state index in [0.717, 1.165) is 58.1 Å². The third-order valence-corrected chi connectivity index (χ3v) is 6.69. The number of halogens is 2. The first-order valence-electron chi connectivity index (χ1n) is 12.0. The predicted molar refractivity (Wildman–Crippen MR) is 128 cm³/mol. The Morgan fingerprint density at radius 2 is 1.88 bits per heavy atom. The van der Waals surface area contributed by atoms with E-state index in [1.807, 2.05) is 25.3 Å². The first-order chi connectivity index (χ1) is 16.5. The molecule has 0 aliphatic carbocycles. The summed E-state index contributed by atoms with van der Waals surface area (Å²) in [5.41, 5.74) is 0.567. The van der Waals surface area contributed by atoms with Crippen LogP contribution in [0.4, 0.5) is 20.3 Å². The van der Waals surface area contributed by atoms with Gasteiger partial charge in [-0.25, -0.2) is 4.98 Å². The van der Waals surface area contributed by atoms with Crippen LogP contribution in [0.1, 0.15) is 19.8 Å².